The molecule has 0 radical (unpaired) electrons. The van der Waals surface area contributed by atoms with Crippen molar-refractivity contribution in [1.82, 2.24) is 0 Å². The molecule has 0 bridgehead atoms. The van der Waals surface area contributed by atoms with E-state index < -0.39 is 17.0 Å². The van der Waals surface area contributed by atoms with Gasteiger partial charge in [0.2, 0.25) is 0 Å². The molecule has 0 fully saturated rings. The Hall–Kier alpha value is -2.62. The molecular formula is C22H26O4. The Balaban J connectivity index is 2.50. The predicted octanol–water partition coefficient (Wildman–Crippen LogP) is 4.96. The number of carboxylic acids is 1. The molecular weight excluding hydrogens is 328 g/mol. The van der Waals surface area contributed by atoms with Gasteiger partial charge in [-0.15, -0.1) is 0 Å². The van der Waals surface area contributed by atoms with Crippen LogP contribution in [-0.2, 0) is 16.0 Å². The van der Waals surface area contributed by atoms with Gasteiger partial charge in [-0.1, -0.05) is 42.5 Å². The van der Waals surface area contributed by atoms with E-state index in [1.54, 1.807) is 26.0 Å². The zero-order chi connectivity index (χ0) is 19.5. The van der Waals surface area contributed by atoms with Crippen molar-refractivity contribution >= 4 is 11.9 Å². The van der Waals surface area contributed by atoms with Gasteiger partial charge in [0.15, 0.2) is 0 Å². The van der Waals surface area contributed by atoms with Crippen LogP contribution >= 0.6 is 0 Å². The average molecular weight is 354 g/mol. The number of carbonyl (C=O) groups is 2. The van der Waals surface area contributed by atoms with Crippen LogP contribution in [0.5, 0.6) is 0 Å². The summed E-state index contributed by atoms with van der Waals surface area (Å²) in [6.07, 6.45) is 0.272. The van der Waals surface area contributed by atoms with Gasteiger partial charge in [-0.3, -0.25) is 4.79 Å². The summed E-state index contributed by atoms with van der Waals surface area (Å²) >= 11 is 0. The number of aromatic carboxylic acids is 1. The van der Waals surface area contributed by atoms with Crippen molar-refractivity contribution in [2.24, 2.45) is 5.41 Å². The van der Waals surface area contributed by atoms with Crippen LogP contribution in [0.15, 0.2) is 48.5 Å². The molecule has 0 unspecified atom stereocenters. The van der Waals surface area contributed by atoms with Gasteiger partial charge in [0, 0.05) is 0 Å². The van der Waals surface area contributed by atoms with Crippen LogP contribution in [0, 0.1) is 5.41 Å². The second-order valence-corrected chi connectivity index (χ2v) is 8.07. The van der Waals surface area contributed by atoms with E-state index in [0.29, 0.717) is 5.56 Å². The van der Waals surface area contributed by atoms with E-state index in [4.69, 9.17) is 4.74 Å². The van der Waals surface area contributed by atoms with Crippen molar-refractivity contribution in [2.75, 3.05) is 0 Å². The molecule has 26 heavy (non-hydrogen) atoms. The van der Waals surface area contributed by atoms with Crippen molar-refractivity contribution < 1.29 is 19.4 Å². The SMILES string of the molecule is CC(C)(C)OC(=O)C(C)(C)Cc1c(C(=O)O)cccc1-c1ccccc1. The summed E-state index contributed by atoms with van der Waals surface area (Å²) in [6, 6.07) is 14.8. The first-order valence-corrected chi connectivity index (χ1v) is 8.65. The van der Waals surface area contributed by atoms with Crippen molar-refractivity contribution in [1.29, 1.82) is 0 Å². The minimum atomic E-state index is -1.00. The lowest BCUT2D eigenvalue weighted by Crippen LogP contribution is -2.35. The molecule has 0 spiro atoms. The largest absolute Gasteiger partial charge is 0.478 e. The molecule has 0 heterocycles. The van der Waals surface area contributed by atoms with Crippen molar-refractivity contribution in [3.63, 3.8) is 0 Å². The van der Waals surface area contributed by atoms with Gasteiger partial charge in [-0.2, -0.15) is 0 Å². The Kier molecular flexibility index (Phi) is 5.55. The number of rotatable bonds is 5. The van der Waals surface area contributed by atoms with Gasteiger partial charge in [0.05, 0.1) is 11.0 Å². The number of esters is 1. The fourth-order valence-electron chi connectivity index (χ4n) is 2.80. The summed E-state index contributed by atoms with van der Waals surface area (Å²) in [4.78, 5) is 24.4. The Morgan fingerprint density at radius 3 is 2.08 bits per heavy atom. The van der Waals surface area contributed by atoms with Crippen LogP contribution in [0.4, 0.5) is 0 Å². The molecule has 0 aromatic heterocycles. The molecule has 2 aromatic carbocycles. The van der Waals surface area contributed by atoms with Crippen molar-refractivity contribution in [3.8, 4) is 11.1 Å². The summed E-state index contributed by atoms with van der Waals surface area (Å²) in [6.45, 7) is 9.04. The molecule has 0 saturated carbocycles. The van der Waals surface area contributed by atoms with E-state index >= 15 is 0 Å². The lowest BCUT2D eigenvalue weighted by Gasteiger charge is -2.29. The summed E-state index contributed by atoms with van der Waals surface area (Å²) in [5.74, 6) is -1.35. The summed E-state index contributed by atoms with van der Waals surface area (Å²) < 4.78 is 5.53. The van der Waals surface area contributed by atoms with E-state index in [1.165, 1.54) is 0 Å². The van der Waals surface area contributed by atoms with Gasteiger partial charge in [0.1, 0.15) is 5.60 Å². The van der Waals surface area contributed by atoms with E-state index in [9.17, 15) is 14.7 Å². The minimum Gasteiger partial charge on any atom is -0.478 e. The van der Waals surface area contributed by atoms with E-state index in [1.807, 2.05) is 57.2 Å². The third-order valence-corrected chi connectivity index (χ3v) is 4.06. The molecule has 4 heteroatoms. The van der Waals surface area contributed by atoms with Gasteiger partial charge >= 0.3 is 11.9 Å². The molecule has 138 valence electrons. The fraction of sp³-hybridized carbons (Fsp3) is 0.364. The first-order chi connectivity index (χ1) is 12.0. The Morgan fingerprint density at radius 1 is 0.923 bits per heavy atom. The topological polar surface area (TPSA) is 63.6 Å². The first kappa shape index (κ1) is 19.7. The molecule has 4 nitrogen and oxygen atoms in total. The number of ether oxygens (including phenoxy) is 1. The van der Waals surface area contributed by atoms with E-state index in [2.05, 4.69) is 0 Å². The van der Waals surface area contributed by atoms with Crippen LogP contribution in [0.3, 0.4) is 0 Å². The van der Waals surface area contributed by atoms with Crippen molar-refractivity contribution in [2.45, 2.75) is 46.6 Å². The summed E-state index contributed by atoms with van der Waals surface area (Å²) in [5.41, 5.74) is 1.14. The molecule has 2 rings (SSSR count). The number of hydrogen-bond donors (Lipinski definition) is 1. The Bertz CT molecular complexity index is 799. The first-order valence-electron chi connectivity index (χ1n) is 8.65. The third-order valence-electron chi connectivity index (χ3n) is 4.06. The number of carbonyl (C=O) groups excluding carboxylic acids is 1. The number of carboxylic acid groups (broad SMARTS) is 1. The molecule has 0 amide bonds. The number of benzene rings is 2. The standard InChI is InChI=1S/C22H26O4/c1-21(2,3)26-20(25)22(4,5)14-18-16(15-10-7-6-8-11-15)12-9-13-17(18)19(23)24/h6-13H,14H2,1-5H3,(H,23,24). The Labute approximate surface area is 154 Å². The van der Waals surface area contributed by atoms with Gasteiger partial charge in [-0.05, 0) is 63.8 Å². The second kappa shape index (κ2) is 7.32. The zero-order valence-corrected chi connectivity index (χ0v) is 16.0. The maximum atomic E-state index is 12.6. The smallest absolute Gasteiger partial charge is 0.335 e. The van der Waals surface area contributed by atoms with Gasteiger partial charge in [-0.25, -0.2) is 4.79 Å². The summed E-state index contributed by atoms with van der Waals surface area (Å²) in [5, 5.41) is 9.64. The Morgan fingerprint density at radius 2 is 1.54 bits per heavy atom. The zero-order valence-electron chi connectivity index (χ0n) is 16.0. The summed E-state index contributed by atoms with van der Waals surface area (Å²) in [7, 11) is 0. The van der Waals surface area contributed by atoms with Crippen LogP contribution in [0.2, 0.25) is 0 Å². The highest BCUT2D eigenvalue weighted by Gasteiger charge is 2.34. The van der Waals surface area contributed by atoms with Gasteiger partial charge < -0.3 is 9.84 Å². The maximum Gasteiger partial charge on any atom is 0.335 e. The van der Waals surface area contributed by atoms with Crippen LogP contribution in [0.1, 0.15) is 50.5 Å². The lowest BCUT2D eigenvalue weighted by molar-refractivity contribution is -0.165. The third kappa shape index (κ3) is 4.72. The van der Waals surface area contributed by atoms with Crippen molar-refractivity contribution in [3.05, 3.63) is 59.7 Å². The van der Waals surface area contributed by atoms with Crippen LogP contribution in [0.25, 0.3) is 11.1 Å². The maximum absolute atomic E-state index is 12.6. The monoisotopic (exact) mass is 354 g/mol. The van der Waals surface area contributed by atoms with Crippen LogP contribution < -0.4 is 0 Å². The molecule has 1 N–H and O–H groups in total. The number of hydrogen-bond acceptors (Lipinski definition) is 3. The second-order valence-electron chi connectivity index (χ2n) is 8.07. The normalized spacial score (nSPS) is 11.9. The van der Waals surface area contributed by atoms with Crippen LogP contribution in [-0.4, -0.2) is 22.6 Å². The van der Waals surface area contributed by atoms with E-state index in [-0.39, 0.29) is 18.0 Å². The van der Waals surface area contributed by atoms with E-state index in [0.717, 1.165) is 11.1 Å². The fourth-order valence-corrected chi connectivity index (χ4v) is 2.80. The molecule has 0 saturated heterocycles. The average Bonchev–Trinajstić information content (AvgIpc) is 2.53. The van der Waals surface area contributed by atoms with Gasteiger partial charge in [0.25, 0.3) is 0 Å². The minimum absolute atomic E-state index is 0.211. The quantitative estimate of drug-likeness (QED) is 0.771. The highest BCUT2D eigenvalue weighted by atomic mass is 16.6. The lowest BCUT2D eigenvalue weighted by atomic mass is 9.81. The highest BCUT2D eigenvalue weighted by Crippen LogP contribution is 2.34. The molecule has 0 aliphatic heterocycles. The molecule has 2 aromatic rings. The molecule has 0 atom stereocenters. The molecule has 0 aliphatic carbocycles. The molecule has 0 aliphatic rings. The highest BCUT2D eigenvalue weighted by molar-refractivity contribution is 5.92. The predicted molar refractivity (Wildman–Crippen MR) is 102 cm³/mol.